The topological polar surface area (TPSA) is 72.2 Å². The van der Waals surface area contributed by atoms with Crippen LogP contribution in [0.4, 0.5) is 0 Å². The van der Waals surface area contributed by atoms with E-state index in [9.17, 15) is 8.42 Å². The van der Waals surface area contributed by atoms with Gasteiger partial charge < -0.3 is 4.52 Å². The van der Waals surface area contributed by atoms with Gasteiger partial charge in [-0.1, -0.05) is 19.0 Å². The summed E-state index contributed by atoms with van der Waals surface area (Å²) >= 11 is 0. The van der Waals surface area contributed by atoms with Gasteiger partial charge in [-0.2, -0.15) is 0 Å². The van der Waals surface area contributed by atoms with E-state index < -0.39 is 10.0 Å². The molecule has 0 amide bonds. The fraction of sp³-hybridized carbons (Fsp3) is 0.700. The monoisotopic (exact) mass is 246 g/mol. The number of nitrogens with zero attached hydrogens (tertiary/aromatic N) is 1. The molecular weight excluding hydrogens is 228 g/mol. The standard InChI is InChI=1S/C10H18N2O3S/c1-6(2)7(3)12-16(13,14)10-8(4)11-15-9(10)5/h6-7,12H,1-5H3/t7-/m0/s1. The molecule has 0 fully saturated rings. The first-order chi connectivity index (χ1) is 7.25. The lowest BCUT2D eigenvalue weighted by Gasteiger charge is -2.17. The van der Waals surface area contributed by atoms with E-state index in [1.807, 2.05) is 20.8 Å². The number of hydrogen-bond acceptors (Lipinski definition) is 4. The van der Waals surface area contributed by atoms with Crippen molar-refractivity contribution in [3.63, 3.8) is 0 Å². The van der Waals surface area contributed by atoms with Crippen LogP contribution in [-0.4, -0.2) is 19.6 Å². The van der Waals surface area contributed by atoms with E-state index in [1.54, 1.807) is 13.8 Å². The fourth-order valence-corrected chi connectivity index (χ4v) is 3.02. The fourth-order valence-electron chi connectivity index (χ4n) is 1.30. The molecule has 0 spiro atoms. The van der Waals surface area contributed by atoms with Crippen molar-refractivity contribution in [2.75, 3.05) is 0 Å². The molecule has 0 saturated heterocycles. The predicted octanol–water partition coefficient (Wildman–Crippen LogP) is 1.61. The van der Waals surface area contributed by atoms with Crippen LogP contribution in [0.3, 0.4) is 0 Å². The van der Waals surface area contributed by atoms with Crippen molar-refractivity contribution in [2.45, 2.75) is 45.6 Å². The second kappa shape index (κ2) is 4.55. The summed E-state index contributed by atoms with van der Waals surface area (Å²) in [4.78, 5) is 0.153. The number of hydrogen-bond donors (Lipinski definition) is 1. The average molecular weight is 246 g/mol. The summed E-state index contributed by atoms with van der Waals surface area (Å²) in [7, 11) is -3.53. The number of rotatable bonds is 4. The number of aromatic nitrogens is 1. The van der Waals surface area contributed by atoms with E-state index >= 15 is 0 Å². The van der Waals surface area contributed by atoms with Gasteiger partial charge in [-0.05, 0) is 26.7 Å². The molecule has 5 nitrogen and oxygen atoms in total. The van der Waals surface area contributed by atoms with Crippen LogP contribution < -0.4 is 4.72 Å². The van der Waals surface area contributed by atoms with Crippen LogP contribution in [-0.2, 0) is 10.0 Å². The van der Waals surface area contributed by atoms with Crippen LogP contribution >= 0.6 is 0 Å². The molecule has 16 heavy (non-hydrogen) atoms. The van der Waals surface area contributed by atoms with Crippen LogP contribution in [0, 0.1) is 19.8 Å². The van der Waals surface area contributed by atoms with Gasteiger partial charge in [-0.15, -0.1) is 0 Å². The van der Waals surface area contributed by atoms with Gasteiger partial charge in [-0.3, -0.25) is 0 Å². The Morgan fingerprint density at radius 1 is 1.25 bits per heavy atom. The molecule has 1 heterocycles. The number of aryl methyl sites for hydroxylation is 2. The second-order valence-corrected chi connectivity index (χ2v) is 5.96. The molecule has 0 radical (unpaired) electrons. The lowest BCUT2D eigenvalue weighted by molar-refractivity contribution is 0.390. The van der Waals surface area contributed by atoms with Crippen molar-refractivity contribution in [1.82, 2.24) is 9.88 Å². The van der Waals surface area contributed by atoms with Crippen LogP contribution in [0.15, 0.2) is 9.42 Å². The highest BCUT2D eigenvalue weighted by atomic mass is 32.2. The molecule has 92 valence electrons. The molecule has 0 aliphatic carbocycles. The summed E-state index contributed by atoms with van der Waals surface area (Å²) < 4.78 is 31.5. The first-order valence-electron chi connectivity index (χ1n) is 5.21. The van der Waals surface area contributed by atoms with Crippen molar-refractivity contribution in [2.24, 2.45) is 5.92 Å². The third-order valence-corrected chi connectivity index (χ3v) is 4.38. The summed E-state index contributed by atoms with van der Waals surface area (Å²) in [5, 5.41) is 3.64. The highest BCUT2D eigenvalue weighted by Gasteiger charge is 2.26. The van der Waals surface area contributed by atoms with Crippen molar-refractivity contribution < 1.29 is 12.9 Å². The Hall–Kier alpha value is -0.880. The maximum Gasteiger partial charge on any atom is 0.246 e. The molecule has 1 atom stereocenters. The molecule has 0 aliphatic rings. The third kappa shape index (κ3) is 2.62. The quantitative estimate of drug-likeness (QED) is 0.876. The Balaban J connectivity index is 3.04. The zero-order chi connectivity index (χ0) is 12.5. The molecule has 0 aliphatic heterocycles. The first kappa shape index (κ1) is 13.2. The summed E-state index contributed by atoms with van der Waals surface area (Å²) in [5.74, 6) is 0.552. The first-order valence-corrected chi connectivity index (χ1v) is 6.69. The minimum atomic E-state index is -3.53. The lowest BCUT2D eigenvalue weighted by atomic mass is 10.1. The van der Waals surface area contributed by atoms with Crippen LogP contribution in [0.1, 0.15) is 32.2 Å². The zero-order valence-electron chi connectivity index (χ0n) is 10.2. The minimum absolute atomic E-state index is 0.126. The van der Waals surface area contributed by atoms with E-state index in [0.717, 1.165) is 0 Å². The highest BCUT2D eigenvalue weighted by Crippen LogP contribution is 2.19. The Kier molecular flexibility index (Phi) is 3.75. The predicted molar refractivity (Wildman–Crippen MR) is 60.6 cm³/mol. The van der Waals surface area contributed by atoms with Gasteiger partial charge in [-0.25, -0.2) is 13.1 Å². The smallest absolute Gasteiger partial charge is 0.246 e. The molecule has 0 saturated carbocycles. The van der Waals surface area contributed by atoms with Gasteiger partial charge in [0.05, 0.1) is 0 Å². The Morgan fingerprint density at radius 3 is 2.19 bits per heavy atom. The molecule has 1 N–H and O–H groups in total. The van der Waals surface area contributed by atoms with Gasteiger partial charge in [0.25, 0.3) is 0 Å². The Morgan fingerprint density at radius 2 is 1.81 bits per heavy atom. The molecule has 0 bridgehead atoms. The van der Waals surface area contributed by atoms with Crippen molar-refractivity contribution in [3.05, 3.63) is 11.5 Å². The minimum Gasteiger partial charge on any atom is -0.360 e. The maximum atomic E-state index is 12.0. The van der Waals surface area contributed by atoms with E-state index in [1.165, 1.54) is 0 Å². The van der Waals surface area contributed by atoms with E-state index in [-0.39, 0.29) is 16.9 Å². The summed E-state index contributed by atoms with van der Waals surface area (Å²) in [6.45, 7) is 8.96. The second-order valence-electron chi connectivity index (χ2n) is 4.31. The van der Waals surface area contributed by atoms with E-state index in [0.29, 0.717) is 11.5 Å². The largest absolute Gasteiger partial charge is 0.360 e. The normalized spacial score (nSPS) is 14.4. The number of sulfonamides is 1. The SMILES string of the molecule is Cc1noc(C)c1S(=O)(=O)N[C@@H](C)C(C)C. The Bertz CT molecular complexity index is 443. The average Bonchev–Trinajstić information content (AvgIpc) is 2.45. The van der Waals surface area contributed by atoms with Crippen LogP contribution in [0.25, 0.3) is 0 Å². The van der Waals surface area contributed by atoms with Crippen LogP contribution in [0.2, 0.25) is 0 Å². The van der Waals surface area contributed by atoms with Crippen molar-refractivity contribution in [3.8, 4) is 0 Å². The third-order valence-electron chi connectivity index (χ3n) is 2.58. The van der Waals surface area contributed by atoms with Gasteiger partial charge in [0.15, 0.2) is 5.76 Å². The van der Waals surface area contributed by atoms with Crippen molar-refractivity contribution in [1.29, 1.82) is 0 Å². The molecule has 1 rings (SSSR count). The molecule has 1 aromatic heterocycles. The molecule has 6 heteroatoms. The lowest BCUT2D eigenvalue weighted by Crippen LogP contribution is -2.36. The summed E-state index contributed by atoms with van der Waals surface area (Å²) in [6, 6.07) is -0.126. The molecule has 1 aromatic rings. The van der Waals surface area contributed by atoms with Crippen molar-refractivity contribution >= 4 is 10.0 Å². The summed E-state index contributed by atoms with van der Waals surface area (Å²) in [5.41, 5.74) is 0.390. The van der Waals surface area contributed by atoms with E-state index in [4.69, 9.17) is 4.52 Å². The van der Waals surface area contributed by atoms with Gasteiger partial charge >= 0.3 is 0 Å². The Labute approximate surface area is 96.3 Å². The highest BCUT2D eigenvalue weighted by molar-refractivity contribution is 7.89. The van der Waals surface area contributed by atoms with Gasteiger partial charge in [0.2, 0.25) is 10.0 Å². The number of nitrogens with one attached hydrogen (secondary N) is 1. The molecule has 0 unspecified atom stereocenters. The van der Waals surface area contributed by atoms with Gasteiger partial charge in [0.1, 0.15) is 10.6 Å². The van der Waals surface area contributed by atoms with Gasteiger partial charge in [0, 0.05) is 6.04 Å². The maximum absolute atomic E-state index is 12.0. The molecular formula is C10H18N2O3S. The van der Waals surface area contributed by atoms with Crippen LogP contribution in [0.5, 0.6) is 0 Å². The zero-order valence-corrected chi connectivity index (χ0v) is 11.1. The molecule has 0 aromatic carbocycles. The summed E-state index contributed by atoms with van der Waals surface area (Å²) in [6.07, 6.45) is 0. The van der Waals surface area contributed by atoms with E-state index in [2.05, 4.69) is 9.88 Å².